The summed E-state index contributed by atoms with van der Waals surface area (Å²) >= 11 is 0. The van der Waals surface area contributed by atoms with E-state index in [0.717, 1.165) is 82.7 Å². The van der Waals surface area contributed by atoms with Gasteiger partial charge >= 0.3 is 11.9 Å². The second kappa shape index (κ2) is 32.4. The van der Waals surface area contributed by atoms with Crippen molar-refractivity contribution in [3.8, 4) is 0 Å². The Balaban J connectivity index is 2.81. The maximum absolute atomic E-state index is 13.6. The third-order valence-electron chi connectivity index (χ3n) is 10.2. The van der Waals surface area contributed by atoms with Crippen molar-refractivity contribution in [3.63, 3.8) is 0 Å². The normalized spacial score (nSPS) is 14.3. The molecule has 0 aromatic rings. The minimum Gasteiger partial charge on any atom is -0.464 e. The minimum atomic E-state index is -0.538. The summed E-state index contributed by atoms with van der Waals surface area (Å²) in [5.41, 5.74) is 4.97. The second-order valence-electron chi connectivity index (χ2n) is 14.9. The smallest absolute Gasteiger partial charge is 0.308 e. The van der Waals surface area contributed by atoms with E-state index in [4.69, 9.17) is 9.47 Å². The van der Waals surface area contributed by atoms with E-state index >= 15 is 0 Å². The van der Waals surface area contributed by atoms with Gasteiger partial charge in [0.1, 0.15) is 25.1 Å². The van der Waals surface area contributed by atoms with Crippen LogP contribution in [0.4, 0.5) is 0 Å². The molecule has 0 fully saturated rings. The molecule has 0 saturated carbocycles. The number of ether oxygens (including phenoxy) is 2. The zero-order valence-corrected chi connectivity index (χ0v) is 33.6. The fourth-order valence-corrected chi connectivity index (χ4v) is 6.87. The molecule has 9 heteroatoms. The average Bonchev–Trinajstić information content (AvgIpc) is 3.64. The number of unbranched alkanes of at least 4 members (excludes halogenated alkanes) is 16. The lowest BCUT2D eigenvalue weighted by molar-refractivity contribution is -0.448. The van der Waals surface area contributed by atoms with E-state index in [1.807, 2.05) is 11.5 Å². The number of nitrogens with two attached hydrogens (primary N) is 1. The Bertz CT molecular complexity index is 906. The molecule has 1 aliphatic rings. The first-order valence-electron chi connectivity index (χ1n) is 21.4. The maximum Gasteiger partial charge on any atom is 0.308 e. The first-order valence-corrected chi connectivity index (χ1v) is 21.4. The van der Waals surface area contributed by atoms with Gasteiger partial charge in [0.25, 0.3) is 5.91 Å². The van der Waals surface area contributed by atoms with Gasteiger partial charge in [-0.05, 0) is 25.7 Å². The molecular formula is C42H80N4O5+2. The number of amides is 1. The molecule has 296 valence electrons. The van der Waals surface area contributed by atoms with Gasteiger partial charge in [-0.15, -0.1) is 0 Å². The standard InChI is InChI=1S/C42H78N4O5/c1-5-9-13-17-19-23-27-36(25-21-15-11-7-3)41(48)50-31-29-46(40(47)39(43)33-38-34-44-35-45-38)30-32-51-42(49)37(26-22-16-12-8-4)28-24-20-18-14-10-6-2/h34-37,39H,5-33,43H2,1-4H3,(H,44,45)/p+2. The summed E-state index contributed by atoms with van der Waals surface area (Å²) in [6.45, 7) is 9.61. The summed E-state index contributed by atoms with van der Waals surface area (Å²) in [5, 5.41) is 1.86. The summed E-state index contributed by atoms with van der Waals surface area (Å²) in [7, 11) is 0. The second-order valence-corrected chi connectivity index (χ2v) is 14.9. The van der Waals surface area contributed by atoms with Gasteiger partial charge in [-0.1, -0.05) is 156 Å². The Hall–Kier alpha value is -2.26. The van der Waals surface area contributed by atoms with Gasteiger partial charge in [0, 0.05) is 0 Å². The fourth-order valence-electron chi connectivity index (χ4n) is 6.87. The van der Waals surface area contributed by atoms with E-state index in [2.05, 4.69) is 38.4 Å². The van der Waals surface area contributed by atoms with E-state index in [1.54, 1.807) is 11.2 Å². The highest BCUT2D eigenvalue weighted by Gasteiger charge is 2.28. The van der Waals surface area contributed by atoms with Gasteiger partial charge in [-0.2, -0.15) is 0 Å². The maximum atomic E-state index is 13.6. The molecule has 1 amide bonds. The lowest BCUT2D eigenvalue weighted by Crippen LogP contribution is -2.74. The Morgan fingerprint density at radius 3 is 1.37 bits per heavy atom. The number of carbonyl (C=O) groups is 3. The molecule has 0 bridgehead atoms. The summed E-state index contributed by atoms with van der Waals surface area (Å²) in [5.74, 6) is -0.624. The van der Waals surface area contributed by atoms with Gasteiger partial charge in [-0.3, -0.25) is 19.7 Å². The first-order chi connectivity index (χ1) is 24.9. The van der Waals surface area contributed by atoms with E-state index in [-0.39, 0.29) is 56.0 Å². The lowest BCUT2D eigenvalue weighted by Gasteiger charge is -2.25. The lowest BCUT2D eigenvalue weighted by atomic mass is 9.94. The molecule has 0 aliphatic carbocycles. The third kappa shape index (κ3) is 23.8. The van der Waals surface area contributed by atoms with Gasteiger partial charge < -0.3 is 20.1 Å². The summed E-state index contributed by atoms with van der Waals surface area (Å²) < 4.78 is 11.7. The monoisotopic (exact) mass is 721 g/mol. The van der Waals surface area contributed by atoms with Crippen LogP contribution >= 0.6 is 0 Å². The highest BCUT2D eigenvalue weighted by atomic mass is 16.5. The molecule has 1 aliphatic heterocycles. The molecule has 0 radical (unpaired) electrons. The van der Waals surface area contributed by atoms with Crippen LogP contribution in [0.2, 0.25) is 0 Å². The molecule has 5 N–H and O–H groups in total. The zero-order valence-electron chi connectivity index (χ0n) is 33.6. The number of carbonyl (C=O) groups excluding carboxylic acids is 3. The Kier molecular flexibility index (Phi) is 29.7. The highest BCUT2D eigenvalue weighted by molar-refractivity contribution is 5.81. The number of quaternary nitrogens is 2. The first kappa shape index (κ1) is 46.8. The van der Waals surface area contributed by atoms with Crippen molar-refractivity contribution in [2.45, 2.75) is 194 Å². The molecule has 9 nitrogen and oxygen atoms in total. The molecule has 1 rings (SSSR count). The van der Waals surface area contributed by atoms with Crippen molar-refractivity contribution in [1.29, 1.82) is 0 Å². The molecule has 0 aromatic heterocycles. The molecule has 0 aromatic carbocycles. The summed E-state index contributed by atoms with van der Waals surface area (Å²) in [6, 6.07) is -0.538. The highest BCUT2D eigenvalue weighted by Crippen LogP contribution is 2.22. The van der Waals surface area contributed by atoms with Gasteiger partial charge in [0.2, 0.25) is 0 Å². The Morgan fingerprint density at radius 2 is 1.00 bits per heavy atom. The van der Waals surface area contributed by atoms with Crippen molar-refractivity contribution in [1.82, 2.24) is 4.90 Å². The quantitative estimate of drug-likeness (QED) is 0.0506. The van der Waals surface area contributed by atoms with Crippen LogP contribution in [0.1, 0.15) is 188 Å². The minimum absolute atomic E-state index is 0.0944. The number of aliphatic imine (C=N–C) groups is 1. The third-order valence-corrected chi connectivity index (χ3v) is 10.2. The topological polar surface area (TPSA) is 130 Å². The van der Waals surface area contributed by atoms with Crippen molar-refractivity contribution >= 4 is 24.2 Å². The van der Waals surface area contributed by atoms with Crippen LogP contribution in [0.5, 0.6) is 0 Å². The van der Waals surface area contributed by atoms with Gasteiger partial charge in [0.05, 0.1) is 31.3 Å². The summed E-state index contributed by atoms with van der Waals surface area (Å²) in [4.78, 5) is 46.3. The zero-order chi connectivity index (χ0) is 37.4. The van der Waals surface area contributed by atoms with Crippen LogP contribution in [-0.4, -0.2) is 61.4 Å². The number of rotatable bonds is 35. The molecule has 1 heterocycles. The SMILES string of the molecule is CCCCCCCCC(CCCCCC)C(=O)OCCN(CCOC(=O)C(CCCCCC)CCCCCCCC)C(=O)C([NH3+])CC1=C[NH2+]C=N1. The largest absolute Gasteiger partial charge is 0.464 e. The number of hydrogen-bond donors (Lipinski definition) is 2. The molecule has 3 unspecified atom stereocenters. The van der Waals surface area contributed by atoms with E-state index in [0.29, 0.717) is 6.42 Å². The molecule has 51 heavy (non-hydrogen) atoms. The van der Waals surface area contributed by atoms with Crippen LogP contribution in [0.25, 0.3) is 0 Å². The predicted octanol–water partition coefficient (Wildman–Crippen LogP) is 8.02. The van der Waals surface area contributed by atoms with Gasteiger partial charge in [0.15, 0.2) is 12.4 Å². The van der Waals surface area contributed by atoms with E-state index in [1.165, 1.54) is 77.0 Å². The molecule has 0 spiro atoms. The van der Waals surface area contributed by atoms with E-state index < -0.39 is 6.04 Å². The van der Waals surface area contributed by atoms with Crippen molar-refractivity contribution in [3.05, 3.63) is 11.9 Å². The molecule has 3 atom stereocenters. The van der Waals surface area contributed by atoms with Crippen LogP contribution in [0.3, 0.4) is 0 Å². The van der Waals surface area contributed by atoms with Crippen molar-refractivity contribution < 1.29 is 34.9 Å². The molecule has 0 saturated heterocycles. The van der Waals surface area contributed by atoms with Crippen LogP contribution in [0.15, 0.2) is 16.9 Å². The van der Waals surface area contributed by atoms with E-state index in [9.17, 15) is 14.4 Å². The number of nitrogens with zero attached hydrogens (tertiary/aromatic N) is 2. The number of hydrogen-bond acceptors (Lipinski definition) is 6. The summed E-state index contributed by atoms with van der Waals surface area (Å²) in [6.07, 6.45) is 30.9. The van der Waals surface area contributed by atoms with Crippen LogP contribution < -0.4 is 11.1 Å². The average molecular weight is 721 g/mol. The Labute approximate surface area is 312 Å². The fraction of sp³-hybridized carbons (Fsp3) is 0.857. The van der Waals surface area contributed by atoms with Crippen LogP contribution in [0, 0.1) is 11.8 Å². The van der Waals surface area contributed by atoms with Crippen LogP contribution in [-0.2, 0) is 23.9 Å². The van der Waals surface area contributed by atoms with Crippen molar-refractivity contribution in [2.24, 2.45) is 16.8 Å². The van der Waals surface area contributed by atoms with Gasteiger partial charge in [-0.25, -0.2) is 4.99 Å². The van der Waals surface area contributed by atoms with Crippen molar-refractivity contribution in [2.75, 3.05) is 26.3 Å². The predicted molar refractivity (Wildman–Crippen MR) is 209 cm³/mol. The number of esters is 2. The molecular weight excluding hydrogens is 640 g/mol. The Morgan fingerprint density at radius 1 is 0.627 bits per heavy atom.